The fourth-order valence-corrected chi connectivity index (χ4v) is 2.11. The molecule has 1 aromatic rings. The standard InChI is InChI=1S/C13H19FN2/c1-10-8-11(2-3-13(10)14)4-7-16-12-5-6-15-9-12/h2-3,8,12,15-16H,4-7,9H2,1H3. The summed E-state index contributed by atoms with van der Waals surface area (Å²) in [6, 6.07) is 5.98. The average molecular weight is 222 g/mol. The van der Waals surface area contributed by atoms with Crippen LogP contribution in [0.4, 0.5) is 4.39 Å². The highest BCUT2D eigenvalue weighted by atomic mass is 19.1. The summed E-state index contributed by atoms with van der Waals surface area (Å²) in [7, 11) is 0. The van der Waals surface area contributed by atoms with Crippen molar-refractivity contribution in [3.8, 4) is 0 Å². The van der Waals surface area contributed by atoms with Gasteiger partial charge in [0.1, 0.15) is 5.82 Å². The topological polar surface area (TPSA) is 24.1 Å². The molecule has 1 heterocycles. The lowest BCUT2D eigenvalue weighted by atomic mass is 10.1. The van der Waals surface area contributed by atoms with Crippen LogP contribution < -0.4 is 10.6 Å². The number of benzene rings is 1. The number of hydrogen-bond acceptors (Lipinski definition) is 2. The SMILES string of the molecule is Cc1cc(CCNC2CCNC2)ccc1F. The number of aryl methyl sites for hydroxylation is 1. The van der Waals surface area contributed by atoms with E-state index in [0.29, 0.717) is 6.04 Å². The normalized spacial score (nSPS) is 20.2. The Labute approximate surface area is 96.2 Å². The molecule has 1 aliphatic rings. The molecule has 16 heavy (non-hydrogen) atoms. The van der Waals surface area contributed by atoms with E-state index in [9.17, 15) is 4.39 Å². The molecule has 1 saturated heterocycles. The van der Waals surface area contributed by atoms with Gasteiger partial charge < -0.3 is 10.6 Å². The average Bonchev–Trinajstić information content (AvgIpc) is 2.76. The van der Waals surface area contributed by atoms with Crippen molar-refractivity contribution in [1.29, 1.82) is 0 Å². The molecule has 0 amide bonds. The van der Waals surface area contributed by atoms with Gasteiger partial charge in [-0.25, -0.2) is 4.39 Å². The molecule has 0 aromatic heterocycles. The Morgan fingerprint density at radius 1 is 1.50 bits per heavy atom. The third kappa shape index (κ3) is 3.03. The van der Waals surface area contributed by atoms with Gasteiger partial charge in [-0.1, -0.05) is 12.1 Å². The molecule has 1 atom stereocenters. The van der Waals surface area contributed by atoms with Crippen molar-refractivity contribution in [2.24, 2.45) is 0 Å². The van der Waals surface area contributed by atoms with Crippen LogP contribution in [0, 0.1) is 12.7 Å². The van der Waals surface area contributed by atoms with E-state index in [1.807, 2.05) is 19.1 Å². The predicted octanol–water partition coefficient (Wildman–Crippen LogP) is 1.63. The second-order valence-electron chi connectivity index (χ2n) is 4.48. The zero-order valence-electron chi connectivity index (χ0n) is 9.72. The number of halogens is 1. The molecule has 1 aliphatic heterocycles. The first kappa shape index (κ1) is 11.6. The van der Waals surface area contributed by atoms with Crippen LogP contribution in [-0.4, -0.2) is 25.7 Å². The Hall–Kier alpha value is -0.930. The Balaban J connectivity index is 1.78. The predicted molar refractivity (Wildman–Crippen MR) is 64.1 cm³/mol. The molecule has 0 spiro atoms. The summed E-state index contributed by atoms with van der Waals surface area (Å²) in [5.41, 5.74) is 1.94. The van der Waals surface area contributed by atoms with Crippen LogP contribution >= 0.6 is 0 Å². The van der Waals surface area contributed by atoms with Crippen molar-refractivity contribution in [3.63, 3.8) is 0 Å². The van der Waals surface area contributed by atoms with Crippen molar-refractivity contribution in [1.82, 2.24) is 10.6 Å². The van der Waals surface area contributed by atoms with Gasteiger partial charge in [0.2, 0.25) is 0 Å². The Morgan fingerprint density at radius 3 is 3.06 bits per heavy atom. The zero-order valence-corrected chi connectivity index (χ0v) is 9.72. The van der Waals surface area contributed by atoms with Gasteiger partial charge in [0.15, 0.2) is 0 Å². The summed E-state index contributed by atoms with van der Waals surface area (Å²) in [6.45, 7) is 4.97. The summed E-state index contributed by atoms with van der Waals surface area (Å²) in [6.07, 6.45) is 2.18. The van der Waals surface area contributed by atoms with Crippen molar-refractivity contribution < 1.29 is 4.39 Å². The molecule has 88 valence electrons. The fraction of sp³-hybridized carbons (Fsp3) is 0.538. The van der Waals surface area contributed by atoms with Crippen LogP contribution in [0.25, 0.3) is 0 Å². The first-order chi connectivity index (χ1) is 7.75. The van der Waals surface area contributed by atoms with E-state index in [4.69, 9.17) is 0 Å². The Kier molecular flexibility index (Phi) is 3.91. The highest BCUT2D eigenvalue weighted by Crippen LogP contribution is 2.09. The van der Waals surface area contributed by atoms with Crippen molar-refractivity contribution in [3.05, 3.63) is 35.1 Å². The van der Waals surface area contributed by atoms with Gasteiger partial charge >= 0.3 is 0 Å². The van der Waals surface area contributed by atoms with Gasteiger partial charge in [0, 0.05) is 12.6 Å². The number of hydrogen-bond donors (Lipinski definition) is 2. The van der Waals surface area contributed by atoms with E-state index >= 15 is 0 Å². The molecule has 2 rings (SSSR count). The van der Waals surface area contributed by atoms with E-state index in [1.165, 1.54) is 12.0 Å². The summed E-state index contributed by atoms with van der Waals surface area (Å²) in [5, 5.41) is 6.83. The molecule has 0 radical (unpaired) electrons. The first-order valence-corrected chi connectivity index (χ1v) is 5.95. The van der Waals surface area contributed by atoms with Gasteiger partial charge in [-0.2, -0.15) is 0 Å². The van der Waals surface area contributed by atoms with Crippen LogP contribution in [0.5, 0.6) is 0 Å². The zero-order chi connectivity index (χ0) is 11.4. The minimum Gasteiger partial charge on any atom is -0.315 e. The quantitative estimate of drug-likeness (QED) is 0.809. The molecule has 0 bridgehead atoms. The second kappa shape index (κ2) is 5.41. The molecule has 3 heteroatoms. The maximum Gasteiger partial charge on any atom is 0.126 e. The van der Waals surface area contributed by atoms with E-state index in [2.05, 4.69) is 10.6 Å². The summed E-state index contributed by atoms with van der Waals surface area (Å²) < 4.78 is 13.0. The van der Waals surface area contributed by atoms with Crippen LogP contribution in [0.2, 0.25) is 0 Å². The molecule has 1 unspecified atom stereocenters. The highest BCUT2D eigenvalue weighted by Gasteiger charge is 2.12. The molecule has 2 nitrogen and oxygen atoms in total. The van der Waals surface area contributed by atoms with E-state index in [0.717, 1.165) is 31.6 Å². The highest BCUT2D eigenvalue weighted by molar-refractivity contribution is 5.24. The first-order valence-electron chi connectivity index (χ1n) is 5.95. The number of nitrogens with one attached hydrogen (secondary N) is 2. The molecule has 0 aliphatic carbocycles. The maximum atomic E-state index is 13.0. The lowest BCUT2D eigenvalue weighted by Gasteiger charge is -2.11. The van der Waals surface area contributed by atoms with E-state index in [1.54, 1.807) is 6.07 Å². The van der Waals surface area contributed by atoms with Crippen molar-refractivity contribution in [2.75, 3.05) is 19.6 Å². The molecular formula is C13H19FN2. The number of rotatable bonds is 4. The van der Waals surface area contributed by atoms with Crippen LogP contribution in [0.1, 0.15) is 17.5 Å². The molecule has 1 aromatic carbocycles. The van der Waals surface area contributed by atoms with Gasteiger partial charge in [-0.15, -0.1) is 0 Å². The largest absolute Gasteiger partial charge is 0.315 e. The minimum absolute atomic E-state index is 0.114. The summed E-state index contributed by atoms with van der Waals surface area (Å²) in [5.74, 6) is -0.114. The van der Waals surface area contributed by atoms with Crippen LogP contribution in [0.15, 0.2) is 18.2 Å². The van der Waals surface area contributed by atoms with Crippen LogP contribution in [0.3, 0.4) is 0 Å². The van der Waals surface area contributed by atoms with Crippen molar-refractivity contribution >= 4 is 0 Å². The molecular weight excluding hydrogens is 203 g/mol. The maximum absolute atomic E-state index is 13.0. The lowest BCUT2D eigenvalue weighted by molar-refractivity contribution is 0.549. The Morgan fingerprint density at radius 2 is 2.38 bits per heavy atom. The van der Waals surface area contributed by atoms with Gasteiger partial charge in [-0.05, 0) is 50.0 Å². The summed E-state index contributed by atoms with van der Waals surface area (Å²) in [4.78, 5) is 0. The van der Waals surface area contributed by atoms with Gasteiger partial charge in [0.25, 0.3) is 0 Å². The van der Waals surface area contributed by atoms with Gasteiger partial charge in [-0.3, -0.25) is 0 Å². The van der Waals surface area contributed by atoms with Crippen molar-refractivity contribution in [2.45, 2.75) is 25.8 Å². The third-order valence-corrected chi connectivity index (χ3v) is 3.13. The fourth-order valence-electron chi connectivity index (χ4n) is 2.11. The van der Waals surface area contributed by atoms with Gasteiger partial charge in [0.05, 0.1) is 0 Å². The monoisotopic (exact) mass is 222 g/mol. The smallest absolute Gasteiger partial charge is 0.126 e. The lowest BCUT2D eigenvalue weighted by Crippen LogP contribution is -2.32. The Bertz CT molecular complexity index is 346. The third-order valence-electron chi connectivity index (χ3n) is 3.13. The van der Waals surface area contributed by atoms with Crippen LogP contribution in [-0.2, 0) is 6.42 Å². The van der Waals surface area contributed by atoms with E-state index < -0.39 is 0 Å². The van der Waals surface area contributed by atoms with E-state index in [-0.39, 0.29) is 5.82 Å². The minimum atomic E-state index is -0.114. The molecule has 1 fully saturated rings. The second-order valence-corrected chi connectivity index (χ2v) is 4.48. The molecule has 2 N–H and O–H groups in total. The summed E-state index contributed by atoms with van der Waals surface area (Å²) >= 11 is 0. The molecule has 0 saturated carbocycles.